The van der Waals surface area contributed by atoms with Crippen molar-refractivity contribution < 1.29 is 17.9 Å². The van der Waals surface area contributed by atoms with Crippen molar-refractivity contribution in [2.75, 3.05) is 13.7 Å². The van der Waals surface area contributed by atoms with Gasteiger partial charge in [0.2, 0.25) is 0 Å². The summed E-state index contributed by atoms with van der Waals surface area (Å²) < 4.78 is 46.4. The summed E-state index contributed by atoms with van der Waals surface area (Å²) in [6, 6.07) is 0. The van der Waals surface area contributed by atoms with Crippen LogP contribution in [0.4, 0.5) is 13.2 Å². The van der Waals surface area contributed by atoms with Gasteiger partial charge in [-0.05, 0) is 12.8 Å². The third-order valence-corrected chi connectivity index (χ3v) is 4.25. The van der Waals surface area contributed by atoms with Crippen LogP contribution in [0.2, 0.25) is 0 Å². The molecule has 2 atom stereocenters. The molecule has 21 heavy (non-hydrogen) atoms. The first-order valence-corrected chi connectivity index (χ1v) is 7.56. The maximum Gasteiger partial charge on any atom is 0.392 e. The first-order chi connectivity index (χ1) is 9.99. The van der Waals surface area contributed by atoms with E-state index >= 15 is 0 Å². The first-order valence-electron chi connectivity index (χ1n) is 7.02. The Kier molecular flexibility index (Phi) is 5.48. The number of rotatable bonds is 5. The Bertz CT molecular complexity index is 464. The molecular weight excluding hydrogens is 307 g/mol. The standard InChI is InChI=1S/C13H19ClF3N3O/c1-21-7-6-20-11(8-14)18-19-12(20)9-4-2-3-5-10(9)13(15,16)17/h9-10H,2-8H2,1H3. The molecule has 0 saturated heterocycles. The van der Waals surface area contributed by atoms with E-state index in [0.29, 0.717) is 37.6 Å². The van der Waals surface area contributed by atoms with Gasteiger partial charge in [0.05, 0.1) is 18.4 Å². The average Bonchev–Trinajstić information content (AvgIpc) is 2.86. The van der Waals surface area contributed by atoms with Gasteiger partial charge in [0.25, 0.3) is 0 Å². The van der Waals surface area contributed by atoms with E-state index in [9.17, 15) is 13.2 Å². The predicted molar refractivity (Wildman–Crippen MR) is 72.2 cm³/mol. The molecule has 0 spiro atoms. The highest BCUT2D eigenvalue weighted by molar-refractivity contribution is 6.16. The fourth-order valence-electron chi connectivity index (χ4n) is 2.98. The molecule has 1 heterocycles. The molecule has 0 radical (unpaired) electrons. The number of hydrogen-bond acceptors (Lipinski definition) is 3. The Morgan fingerprint density at radius 3 is 2.62 bits per heavy atom. The van der Waals surface area contributed by atoms with Gasteiger partial charge in [0.15, 0.2) is 0 Å². The maximum atomic E-state index is 13.2. The molecule has 120 valence electrons. The molecule has 1 aliphatic rings. The van der Waals surface area contributed by atoms with Gasteiger partial charge in [0, 0.05) is 19.6 Å². The molecule has 2 rings (SSSR count). The Morgan fingerprint density at radius 2 is 2.00 bits per heavy atom. The van der Waals surface area contributed by atoms with E-state index in [-0.39, 0.29) is 12.3 Å². The van der Waals surface area contributed by atoms with Crippen molar-refractivity contribution in [1.82, 2.24) is 14.8 Å². The number of hydrogen-bond donors (Lipinski definition) is 0. The molecule has 0 aromatic carbocycles. The van der Waals surface area contributed by atoms with Crippen molar-refractivity contribution in [3.8, 4) is 0 Å². The largest absolute Gasteiger partial charge is 0.392 e. The molecule has 2 unspecified atom stereocenters. The molecule has 0 N–H and O–H groups in total. The minimum atomic E-state index is -4.20. The number of halogens is 4. The Labute approximate surface area is 126 Å². The summed E-state index contributed by atoms with van der Waals surface area (Å²) in [5, 5.41) is 7.94. The minimum Gasteiger partial charge on any atom is -0.383 e. The van der Waals surface area contributed by atoms with Gasteiger partial charge in [-0.15, -0.1) is 21.8 Å². The van der Waals surface area contributed by atoms with Crippen molar-refractivity contribution >= 4 is 11.6 Å². The van der Waals surface area contributed by atoms with E-state index < -0.39 is 18.0 Å². The minimum absolute atomic E-state index is 0.125. The highest BCUT2D eigenvalue weighted by Gasteiger charge is 2.47. The summed E-state index contributed by atoms with van der Waals surface area (Å²) in [4.78, 5) is 0. The van der Waals surface area contributed by atoms with E-state index in [4.69, 9.17) is 16.3 Å². The monoisotopic (exact) mass is 325 g/mol. The molecule has 1 fully saturated rings. The van der Waals surface area contributed by atoms with Crippen LogP contribution in [0.1, 0.15) is 43.3 Å². The lowest BCUT2D eigenvalue weighted by atomic mass is 9.78. The Hall–Kier alpha value is -0.820. The zero-order chi connectivity index (χ0) is 15.5. The van der Waals surface area contributed by atoms with Crippen LogP contribution in [-0.2, 0) is 17.2 Å². The van der Waals surface area contributed by atoms with Crippen LogP contribution in [-0.4, -0.2) is 34.7 Å². The predicted octanol–water partition coefficient (Wildman–Crippen LogP) is 3.50. The number of ether oxygens (including phenoxy) is 1. The number of aromatic nitrogens is 3. The molecule has 1 aliphatic carbocycles. The van der Waals surface area contributed by atoms with Crippen LogP contribution in [0.15, 0.2) is 0 Å². The van der Waals surface area contributed by atoms with Gasteiger partial charge in [-0.25, -0.2) is 0 Å². The zero-order valence-corrected chi connectivity index (χ0v) is 12.6. The van der Waals surface area contributed by atoms with Crippen LogP contribution in [0.5, 0.6) is 0 Å². The van der Waals surface area contributed by atoms with Crippen molar-refractivity contribution in [1.29, 1.82) is 0 Å². The summed E-state index contributed by atoms with van der Waals surface area (Å²) >= 11 is 5.80. The summed E-state index contributed by atoms with van der Waals surface area (Å²) in [5.74, 6) is -0.972. The number of nitrogens with zero attached hydrogens (tertiary/aromatic N) is 3. The highest BCUT2D eigenvalue weighted by Crippen LogP contribution is 2.46. The summed E-state index contributed by atoms with van der Waals surface area (Å²) in [5.41, 5.74) is 0. The molecule has 1 saturated carbocycles. The average molecular weight is 326 g/mol. The summed E-state index contributed by atoms with van der Waals surface area (Å²) in [6.07, 6.45) is -2.18. The Morgan fingerprint density at radius 1 is 1.29 bits per heavy atom. The second-order valence-electron chi connectivity index (χ2n) is 5.29. The van der Waals surface area contributed by atoms with Gasteiger partial charge in [0.1, 0.15) is 11.6 Å². The van der Waals surface area contributed by atoms with Crippen molar-refractivity contribution in [3.63, 3.8) is 0 Å². The lowest BCUT2D eigenvalue weighted by Gasteiger charge is -2.32. The zero-order valence-electron chi connectivity index (χ0n) is 11.9. The molecule has 1 aromatic heterocycles. The van der Waals surface area contributed by atoms with Gasteiger partial charge in [-0.3, -0.25) is 0 Å². The smallest absolute Gasteiger partial charge is 0.383 e. The molecule has 0 bridgehead atoms. The van der Waals surface area contributed by atoms with Crippen LogP contribution in [0, 0.1) is 5.92 Å². The fraction of sp³-hybridized carbons (Fsp3) is 0.846. The normalized spacial score (nSPS) is 23.5. The van der Waals surface area contributed by atoms with Crippen molar-refractivity contribution in [2.45, 2.75) is 50.2 Å². The van der Waals surface area contributed by atoms with E-state index in [1.165, 1.54) is 0 Å². The Balaban J connectivity index is 2.31. The lowest BCUT2D eigenvalue weighted by Crippen LogP contribution is -2.33. The number of methoxy groups -OCH3 is 1. The summed E-state index contributed by atoms with van der Waals surface area (Å²) in [6.45, 7) is 0.806. The first kappa shape index (κ1) is 16.5. The maximum absolute atomic E-state index is 13.2. The second-order valence-corrected chi connectivity index (χ2v) is 5.56. The molecule has 8 heteroatoms. The van der Waals surface area contributed by atoms with Crippen LogP contribution in [0.3, 0.4) is 0 Å². The SMILES string of the molecule is COCCn1c(CCl)nnc1C1CCCCC1C(F)(F)F. The molecule has 0 amide bonds. The fourth-order valence-corrected chi connectivity index (χ4v) is 3.18. The van der Waals surface area contributed by atoms with Crippen molar-refractivity contribution in [3.05, 3.63) is 11.6 Å². The highest BCUT2D eigenvalue weighted by atomic mass is 35.5. The van der Waals surface area contributed by atoms with Gasteiger partial charge in [-0.2, -0.15) is 13.2 Å². The quantitative estimate of drug-likeness (QED) is 0.778. The van der Waals surface area contributed by atoms with Crippen LogP contribution < -0.4 is 0 Å². The van der Waals surface area contributed by atoms with E-state index in [0.717, 1.165) is 6.42 Å². The van der Waals surface area contributed by atoms with Gasteiger partial charge >= 0.3 is 6.18 Å². The van der Waals surface area contributed by atoms with E-state index in [1.807, 2.05) is 0 Å². The van der Waals surface area contributed by atoms with Crippen LogP contribution in [0.25, 0.3) is 0 Å². The summed E-state index contributed by atoms with van der Waals surface area (Å²) in [7, 11) is 1.55. The third kappa shape index (κ3) is 3.69. The van der Waals surface area contributed by atoms with Crippen molar-refractivity contribution in [2.24, 2.45) is 5.92 Å². The second kappa shape index (κ2) is 6.96. The molecule has 0 aliphatic heterocycles. The third-order valence-electron chi connectivity index (χ3n) is 4.01. The van der Waals surface area contributed by atoms with Gasteiger partial charge in [-0.1, -0.05) is 12.8 Å². The molecular formula is C13H19ClF3N3O. The topological polar surface area (TPSA) is 39.9 Å². The van der Waals surface area contributed by atoms with Crippen LogP contribution >= 0.6 is 11.6 Å². The number of alkyl halides is 4. The molecule has 1 aromatic rings. The lowest BCUT2D eigenvalue weighted by molar-refractivity contribution is -0.188. The molecule has 4 nitrogen and oxygen atoms in total. The van der Waals surface area contributed by atoms with E-state index in [1.54, 1.807) is 11.7 Å². The van der Waals surface area contributed by atoms with E-state index in [2.05, 4.69) is 10.2 Å². The van der Waals surface area contributed by atoms with Gasteiger partial charge < -0.3 is 9.30 Å².